The minimum atomic E-state index is -1.36. The molecule has 8 heteroatoms. The second kappa shape index (κ2) is 19.6. The molecule has 0 aliphatic heterocycles. The number of aliphatic hydroxyl groups is 2. The molecule has 0 saturated heterocycles. The zero-order valence-electron chi connectivity index (χ0n) is 23.9. The van der Waals surface area contributed by atoms with Crippen molar-refractivity contribution in [3.05, 3.63) is 132 Å². The molecule has 218 valence electrons. The lowest BCUT2D eigenvalue weighted by molar-refractivity contribution is -0.0628. The predicted octanol–water partition coefficient (Wildman–Crippen LogP) is 3.33. The van der Waals surface area contributed by atoms with Crippen molar-refractivity contribution in [2.75, 3.05) is 26.2 Å². The van der Waals surface area contributed by atoms with E-state index in [1.807, 2.05) is 85.2 Å². The maximum absolute atomic E-state index is 9.22. The molecule has 0 saturated carbocycles. The standard InChI is InChI=1S/C27H38N6O2.C6H6/c1-22(27(34)35)32-18-23-8-10-24(11-9-23)21-33(16-14-28-19-25-6-2-4-12-30-25)17-15-29-20-26-7-3-5-13-31-26;1-2-4-6-5-3-1/h2-13,22,27-29,32,34-35H,14-21H2,1H3;1-6H. The van der Waals surface area contributed by atoms with Crippen LogP contribution in [0.15, 0.2) is 109 Å². The van der Waals surface area contributed by atoms with E-state index < -0.39 is 6.29 Å². The number of benzene rings is 2. The van der Waals surface area contributed by atoms with Gasteiger partial charge in [0.2, 0.25) is 0 Å². The van der Waals surface area contributed by atoms with Crippen molar-refractivity contribution in [2.45, 2.75) is 45.4 Å². The largest absolute Gasteiger partial charge is 0.367 e. The fraction of sp³-hybridized carbons (Fsp3) is 0.333. The van der Waals surface area contributed by atoms with Crippen molar-refractivity contribution in [1.29, 1.82) is 0 Å². The molecule has 0 spiro atoms. The van der Waals surface area contributed by atoms with Gasteiger partial charge in [0.25, 0.3) is 0 Å². The van der Waals surface area contributed by atoms with Crippen LogP contribution in [0.1, 0.15) is 29.4 Å². The Hall–Kier alpha value is -3.50. The maximum Gasteiger partial charge on any atom is 0.166 e. The van der Waals surface area contributed by atoms with Crippen LogP contribution < -0.4 is 16.0 Å². The Bertz CT molecular complexity index is 1090. The van der Waals surface area contributed by atoms with Gasteiger partial charge >= 0.3 is 0 Å². The van der Waals surface area contributed by atoms with Gasteiger partial charge in [0.05, 0.1) is 17.4 Å². The van der Waals surface area contributed by atoms with E-state index in [4.69, 9.17) is 0 Å². The number of hydrogen-bond acceptors (Lipinski definition) is 8. The van der Waals surface area contributed by atoms with Crippen LogP contribution in [0.5, 0.6) is 0 Å². The first-order chi connectivity index (χ1) is 20.1. The lowest BCUT2D eigenvalue weighted by atomic mass is 10.1. The highest BCUT2D eigenvalue weighted by atomic mass is 16.5. The molecular formula is C33H44N6O2. The molecule has 4 aromatic rings. The van der Waals surface area contributed by atoms with Gasteiger partial charge in [-0.1, -0.05) is 72.8 Å². The average Bonchev–Trinajstić information content (AvgIpc) is 3.02. The molecule has 0 aliphatic carbocycles. The van der Waals surface area contributed by atoms with Gasteiger partial charge in [-0.05, 0) is 42.3 Å². The number of aromatic nitrogens is 2. The Kier molecular flexibility index (Phi) is 15.3. The Morgan fingerprint density at radius 3 is 1.56 bits per heavy atom. The molecule has 0 amide bonds. The Balaban J connectivity index is 0.000000681. The molecule has 5 N–H and O–H groups in total. The van der Waals surface area contributed by atoms with E-state index in [0.29, 0.717) is 6.54 Å². The fourth-order valence-corrected chi connectivity index (χ4v) is 3.97. The summed E-state index contributed by atoms with van der Waals surface area (Å²) in [6.07, 6.45) is 2.28. The number of nitrogens with one attached hydrogen (secondary N) is 3. The summed E-state index contributed by atoms with van der Waals surface area (Å²) in [5.74, 6) is 0. The van der Waals surface area contributed by atoms with Crippen LogP contribution >= 0.6 is 0 Å². The Labute approximate surface area is 244 Å². The smallest absolute Gasteiger partial charge is 0.166 e. The molecule has 41 heavy (non-hydrogen) atoms. The number of aliphatic hydroxyl groups excluding tert-OH is 1. The number of nitrogens with zero attached hydrogens (tertiary/aromatic N) is 3. The molecule has 2 heterocycles. The van der Waals surface area contributed by atoms with Gasteiger partial charge in [-0.15, -0.1) is 0 Å². The molecule has 0 radical (unpaired) electrons. The van der Waals surface area contributed by atoms with Gasteiger partial charge in [0.1, 0.15) is 0 Å². The highest BCUT2D eigenvalue weighted by Gasteiger charge is 2.10. The summed E-state index contributed by atoms with van der Waals surface area (Å²) in [5, 5.41) is 28.5. The van der Waals surface area contributed by atoms with E-state index in [-0.39, 0.29) is 6.04 Å². The molecular weight excluding hydrogens is 512 g/mol. The quantitative estimate of drug-likeness (QED) is 0.106. The second-order valence-corrected chi connectivity index (χ2v) is 9.83. The fourth-order valence-electron chi connectivity index (χ4n) is 3.97. The lowest BCUT2D eigenvalue weighted by Crippen LogP contribution is -2.36. The molecule has 1 atom stereocenters. The summed E-state index contributed by atoms with van der Waals surface area (Å²) in [6, 6.07) is 32.1. The molecule has 2 aromatic heterocycles. The molecule has 0 aliphatic rings. The number of hydrogen-bond donors (Lipinski definition) is 5. The van der Waals surface area contributed by atoms with Gasteiger partial charge < -0.3 is 26.2 Å². The zero-order valence-corrected chi connectivity index (χ0v) is 23.9. The highest BCUT2D eigenvalue weighted by Crippen LogP contribution is 2.08. The van der Waals surface area contributed by atoms with Crippen molar-refractivity contribution >= 4 is 0 Å². The summed E-state index contributed by atoms with van der Waals surface area (Å²) in [7, 11) is 0. The van der Waals surface area contributed by atoms with Crippen LogP contribution in [0.3, 0.4) is 0 Å². The lowest BCUT2D eigenvalue weighted by Gasteiger charge is -2.23. The van der Waals surface area contributed by atoms with Gasteiger partial charge in [-0.25, -0.2) is 0 Å². The minimum Gasteiger partial charge on any atom is -0.367 e. The van der Waals surface area contributed by atoms with Crippen molar-refractivity contribution in [3.8, 4) is 0 Å². The van der Waals surface area contributed by atoms with E-state index in [2.05, 4.69) is 55.1 Å². The molecule has 8 nitrogen and oxygen atoms in total. The summed E-state index contributed by atoms with van der Waals surface area (Å²) in [4.78, 5) is 11.2. The normalized spacial score (nSPS) is 11.7. The molecule has 0 fully saturated rings. The molecule has 4 rings (SSSR count). The summed E-state index contributed by atoms with van der Waals surface area (Å²) in [6.45, 7) is 8.32. The molecule has 2 aromatic carbocycles. The predicted molar refractivity (Wildman–Crippen MR) is 165 cm³/mol. The van der Waals surface area contributed by atoms with Gasteiger partial charge in [0, 0.05) is 64.8 Å². The van der Waals surface area contributed by atoms with Crippen LogP contribution in [0.25, 0.3) is 0 Å². The SMILES string of the molecule is CC(NCc1ccc(CN(CCNCc2ccccn2)CCNCc2ccccn2)cc1)C(O)O.c1ccccc1. The van der Waals surface area contributed by atoms with Crippen LogP contribution in [-0.4, -0.2) is 63.6 Å². The summed E-state index contributed by atoms with van der Waals surface area (Å²) >= 11 is 0. The van der Waals surface area contributed by atoms with E-state index in [1.165, 1.54) is 5.56 Å². The third-order valence-corrected chi connectivity index (χ3v) is 6.45. The van der Waals surface area contributed by atoms with Crippen LogP contribution in [0, 0.1) is 0 Å². The maximum atomic E-state index is 9.22. The highest BCUT2D eigenvalue weighted by molar-refractivity contribution is 5.22. The molecule has 0 bridgehead atoms. The van der Waals surface area contributed by atoms with E-state index in [1.54, 1.807) is 6.92 Å². The van der Waals surface area contributed by atoms with E-state index in [0.717, 1.165) is 62.8 Å². The van der Waals surface area contributed by atoms with E-state index in [9.17, 15) is 10.2 Å². The minimum absolute atomic E-state index is 0.373. The zero-order chi connectivity index (χ0) is 29.0. The molecule has 1 unspecified atom stereocenters. The average molecular weight is 557 g/mol. The van der Waals surface area contributed by atoms with Crippen molar-refractivity contribution in [2.24, 2.45) is 0 Å². The second-order valence-electron chi connectivity index (χ2n) is 9.83. The Morgan fingerprint density at radius 1 is 0.634 bits per heavy atom. The third-order valence-electron chi connectivity index (χ3n) is 6.45. The van der Waals surface area contributed by atoms with Crippen LogP contribution in [-0.2, 0) is 26.2 Å². The first-order valence-electron chi connectivity index (χ1n) is 14.2. The van der Waals surface area contributed by atoms with Crippen molar-refractivity contribution < 1.29 is 10.2 Å². The number of pyridine rings is 2. The first-order valence-corrected chi connectivity index (χ1v) is 14.2. The van der Waals surface area contributed by atoms with Gasteiger partial charge in [-0.2, -0.15) is 0 Å². The van der Waals surface area contributed by atoms with Crippen LogP contribution in [0.4, 0.5) is 0 Å². The van der Waals surface area contributed by atoms with E-state index >= 15 is 0 Å². The van der Waals surface area contributed by atoms with Gasteiger partial charge in [0.15, 0.2) is 6.29 Å². The third kappa shape index (κ3) is 14.1. The van der Waals surface area contributed by atoms with Crippen molar-refractivity contribution in [3.63, 3.8) is 0 Å². The van der Waals surface area contributed by atoms with Crippen LogP contribution in [0.2, 0.25) is 0 Å². The van der Waals surface area contributed by atoms with Crippen molar-refractivity contribution in [1.82, 2.24) is 30.8 Å². The Morgan fingerprint density at radius 2 is 1.12 bits per heavy atom. The number of rotatable bonds is 16. The monoisotopic (exact) mass is 556 g/mol. The first kappa shape index (κ1) is 32.0. The summed E-state index contributed by atoms with van der Waals surface area (Å²) in [5.41, 5.74) is 4.45. The topological polar surface area (TPSA) is 106 Å². The van der Waals surface area contributed by atoms with Gasteiger partial charge in [-0.3, -0.25) is 14.9 Å². The summed E-state index contributed by atoms with van der Waals surface area (Å²) < 4.78 is 0.